The fourth-order valence-electron chi connectivity index (χ4n) is 1.63. The number of carbonyl (C=O) groups excluding carboxylic acids is 1. The molecule has 0 heterocycles. The molecule has 0 bridgehead atoms. The van der Waals surface area contributed by atoms with Crippen LogP contribution in [0.2, 0.25) is 0 Å². The Bertz CT molecular complexity index is 459. The van der Waals surface area contributed by atoms with E-state index in [1.165, 1.54) is 0 Å². The fraction of sp³-hybridized carbons (Fsp3) is 0.429. The molecule has 0 aliphatic carbocycles. The number of carbonyl (C=O) groups is 1. The predicted octanol–water partition coefficient (Wildman–Crippen LogP) is 2.11. The summed E-state index contributed by atoms with van der Waals surface area (Å²) in [5.41, 5.74) is 1.45. The number of ether oxygens (including phenoxy) is 1. The second kappa shape index (κ2) is 6.65. The van der Waals surface area contributed by atoms with Gasteiger partial charge in [-0.1, -0.05) is 6.07 Å². The van der Waals surface area contributed by atoms with Gasteiger partial charge in [0.1, 0.15) is 5.75 Å². The van der Waals surface area contributed by atoms with Crippen molar-refractivity contribution in [2.75, 3.05) is 19.7 Å². The zero-order valence-electron chi connectivity index (χ0n) is 11.1. The first-order valence-electron chi connectivity index (χ1n) is 6.03. The first-order chi connectivity index (χ1) is 8.62. The Labute approximate surface area is 108 Å². The summed E-state index contributed by atoms with van der Waals surface area (Å²) in [7, 11) is 0. The van der Waals surface area contributed by atoms with Crippen molar-refractivity contribution in [3.05, 3.63) is 29.3 Å². The van der Waals surface area contributed by atoms with Gasteiger partial charge in [-0.2, -0.15) is 5.26 Å². The number of hydrogen-bond acceptors (Lipinski definition) is 3. The summed E-state index contributed by atoms with van der Waals surface area (Å²) < 4.78 is 5.48. The minimum absolute atomic E-state index is 0.0113. The second-order valence-electron chi connectivity index (χ2n) is 3.95. The zero-order chi connectivity index (χ0) is 13.5. The lowest BCUT2D eigenvalue weighted by molar-refractivity contribution is -0.132. The Balaban J connectivity index is 2.69. The first kappa shape index (κ1) is 14.0. The summed E-state index contributed by atoms with van der Waals surface area (Å²) in [4.78, 5) is 13.5. The van der Waals surface area contributed by atoms with Gasteiger partial charge in [0.25, 0.3) is 5.91 Å². The Morgan fingerprint density at radius 1 is 1.39 bits per heavy atom. The third kappa shape index (κ3) is 3.49. The molecule has 4 heteroatoms. The monoisotopic (exact) mass is 246 g/mol. The first-order valence-corrected chi connectivity index (χ1v) is 6.03. The molecule has 1 amide bonds. The molecule has 0 unspecified atom stereocenters. The van der Waals surface area contributed by atoms with E-state index in [1.807, 2.05) is 26.8 Å². The number of rotatable bonds is 5. The van der Waals surface area contributed by atoms with Gasteiger partial charge in [0, 0.05) is 13.1 Å². The van der Waals surface area contributed by atoms with Gasteiger partial charge in [0.15, 0.2) is 6.61 Å². The number of amides is 1. The summed E-state index contributed by atoms with van der Waals surface area (Å²) in [6.07, 6.45) is 0. The molecule has 0 saturated heterocycles. The van der Waals surface area contributed by atoms with E-state index in [1.54, 1.807) is 17.0 Å². The maximum absolute atomic E-state index is 11.8. The lowest BCUT2D eigenvalue weighted by atomic mass is 10.1. The van der Waals surface area contributed by atoms with Crippen molar-refractivity contribution in [2.24, 2.45) is 0 Å². The van der Waals surface area contributed by atoms with Crippen LogP contribution < -0.4 is 4.74 Å². The average Bonchev–Trinajstić information content (AvgIpc) is 2.39. The van der Waals surface area contributed by atoms with Crippen LogP contribution in [0.1, 0.15) is 25.0 Å². The topological polar surface area (TPSA) is 53.3 Å². The molecular formula is C14H18N2O2. The highest BCUT2D eigenvalue weighted by Gasteiger charge is 2.11. The van der Waals surface area contributed by atoms with Crippen LogP contribution in [-0.2, 0) is 4.79 Å². The number of hydrogen-bond donors (Lipinski definition) is 0. The quantitative estimate of drug-likeness (QED) is 0.799. The van der Waals surface area contributed by atoms with E-state index in [2.05, 4.69) is 6.07 Å². The summed E-state index contributed by atoms with van der Waals surface area (Å²) in [6, 6.07) is 7.26. The van der Waals surface area contributed by atoms with Gasteiger partial charge >= 0.3 is 0 Å². The van der Waals surface area contributed by atoms with Crippen LogP contribution >= 0.6 is 0 Å². The molecule has 0 saturated carbocycles. The number of aryl methyl sites for hydroxylation is 1. The van der Waals surface area contributed by atoms with Crippen LogP contribution in [0.3, 0.4) is 0 Å². The van der Waals surface area contributed by atoms with E-state index in [0.717, 1.165) is 5.56 Å². The molecule has 0 spiro atoms. The summed E-state index contributed by atoms with van der Waals surface area (Å²) in [5.74, 6) is 0.552. The van der Waals surface area contributed by atoms with Gasteiger partial charge in [-0.3, -0.25) is 4.79 Å². The lowest BCUT2D eigenvalue weighted by Crippen LogP contribution is -2.34. The van der Waals surface area contributed by atoms with E-state index in [9.17, 15) is 4.79 Å². The third-order valence-corrected chi connectivity index (χ3v) is 2.78. The maximum Gasteiger partial charge on any atom is 0.260 e. The predicted molar refractivity (Wildman–Crippen MR) is 69.3 cm³/mol. The Kier molecular flexibility index (Phi) is 5.19. The lowest BCUT2D eigenvalue weighted by Gasteiger charge is -2.19. The normalized spacial score (nSPS) is 9.67. The van der Waals surface area contributed by atoms with Gasteiger partial charge in [-0.25, -0.2) is 0 Å². The number of benzene rings is 1. The number of nitrogens with zero attached hydrogens (tertiary/aromatic N) is 2. The molecule has 1 rings (SSSR count). The fourth-order valence-corrected chi connectivity index (χ4v) is 1.63. The Morgan fingerprint density at radius 2 is 2.06 bits per heavy atom. The highest BCUT2D eigenvalue weighted by atomic mass is 16.5. The molecule has 96 valence electrons. The highest BCUT2D eigenvalue weighted by Crippen LogP contribution is 2.19. The molecule has 0 aromatic heterocycles. The van der Waals surface area contributed by atoms with Crippen molar-refractivity contribution >= 4 is 5.91 Å². The number of nitriles is 1. The largest absolute Gasteiger partial charge is 0.483 e. The molecular weight excluding hydrogens is 228 g/mol. The van der Waals surface area contributed by atoms with Crippen molar-refractivity contribution in [3.8, 4) is 11.8 Å². The van der Waals surface area contributed by atoms with Crippen LogP contribution in [0.15, 0.2) is 18.2 Å². The summed E-state index contributed by atoms with van der Waals surface area (Å²) >= 11 is 0. The van der Waals surface area contributed by atoms with E-state index in [4.69, 9.17) is 10.00 Å². The Hall–Kier alpha value is -2.02. The van der Waals surface area contributed by atoms with Crippen LogP contribution in [0, 0.1) is 18.3 Å². The molecule has 4 nitrogen and oxygen atoms in total. The van der Waals surface area contributed by atoms with Gasteiger partial charge in [-0.05, 0) is 38.5 Å². The van der Waals surface area contributed by atoms with E-state index < -0.39 is 0 Å². The van der Waals surface area contributed by atoms with Crippen LogP contribution in [0.25, 0.3) is 0 Å². The van der Waals surface area contributed by atoms with Gasteiger partial charge < -0.3 is 9.64 Å². The van der Waals surface area contributed by atoms with Crippen molar-refractivity contribution in [1.82, 2.24) is 4.90 Å². The molecule has 1 aromatic rings. The molecule has 0 fully saturated rings. The highest BCUT2D eigenvalue weighted by molar-refractivity contribution is 5.77. The van der Waals surface area contributed by atoms with E-state index >= 15 is 0 Å². The van der Waals surface area contributed by atoms with Crippen molar-refractivity contribution in [2.45, 2.75) is 20.8 Å². The molecule has 0 aliphatic rings. The SMILES string of the molecule is CCN(CC)C(=O)COc1cc(C#N)ccc1C. The van der Waals surface area contributed by atoms with Crippen molar-refractivity contribution in [1.29, 1.82) is 5.26 Å². The third-order valence-electron chi connectivity index (χ3n) is 2.78. The molecule has 18 heavy (non-hydrogen) atoms. The standard InChI is InChI=1S/C14H18N2O2/c1-4-16(5-2)14(17)10-18-13-8-12(9-15)7-6-11(13)3/h6-8H,4-5,10H2,1-3H3. The van der Waals surface area contributed by atoms with E-state index in [-0.39, 0.29) is 12.5 Å². The molecule has 0 N–H and O–H groups in total. The Morgan fingerprint density at radius 3 is 2.61 bits per heavy atom. The van der Waals surface area contributed by atoms with Crippen molar-refractivity contribution in [3.63, 3.8) is 0 Å². The smallest absolute Gasteiger partial charge is 0.260 e. The molecule has 0 atom stereocenters. The van der Waals surface area contributed by atoms with Gasteiger partial charge in [0.2, 0.25) is 0 Å². The van der Waals surface area contributed by atoms with Crippen LogP contribution in [0.4, 0.5) is 0 Å². The van der Waals surface area contributed by atoms with E-state index in [0.29, 0.717) is 24.4 Å². The number of likely N-dealkylation sites (N-methyl/N-ethyl adjacent to an activating group) is 1. The summed E-state index contributed by atoms with van der Waals surface area (Å²) in [6.45, 7) is 7.12. The molecule has 0 aliphatic heterocycles. The molecule has 0 radical (unpaired) electrons. The minimum atomic E-state index is -0.0400. The zero-order valence-corrected chi connectivity index (χ0v) is 11.1. The summed E-state index contributed by atoms with van der Waals surface area (Å²) in [5, 5.41) is 8.81. The second-order valence-corrected chi connectivity index (χ2v) is 3.95. The molecule has 1 aromatic carbocycles. The van der Waals surface area contributed by atoms with Gasteiger partial charge in [0.05, 0.1) is 11.6 Å². The van der Waals surface area contributed by atoms with Crippen molar-refractivity contribution < 1.29 is 9.53 Å². The van der Waals surface area contributed by atoms with Crippen LogP contribution in [0.5, 0.6) is 5.75 Å². The van der Waals surface area contributed by atoms with Gasteiger partial charge in [-0.15, -0.1) is 0 Å². The van der Waals surface area contributed by atoms with Crippen LogP contribution in [-0.4, -0.2) is 30.5 Å². The minimum Gasteiger partial charge on any atom is -0.483 e. The maximum atomic E-state index is 11.8. The average molecular weight is 246 g/mol.